The summed E-state index contributed by atoms with van der Waals surface area (Å²) in [4.78, 5) is 1.11. The fraction of sp³-hybridized carbons (Fsp3) is 0.0667. The smallest absolute Gasteiger partial charge is 0.147 e. The minimum Gasteiger partial charge on any atom is -0.496 e. The summed E-state index contributed by atoms with van der Waals surface area (Å²) in [5.41, 5.74) is 0. The second-order valence-electron chi connectivity index (χ2n) is 4.43. The molecule has 0 radical (unpaired) electrons. The Morgan fingerprint density at radius 1 is 1.11 bits per heavy atom. The Morgan fingerprint density at radius 3 is 2.84 bits per heavy atom. The Labute approximate surface area is 119 Å². The molecule has 4 heteroatoms. The van der Waals surface area contributed by atoms with Crippen molar-refractivity contribution in [3.63, 3.8) is 0 Å². The lowest BCUT2D eigenvalue weighted by Crippen LogP contribution is -1.86. The average Bonchev–Trinajstić information content (AvgIpc) is 2.86. The summed E-state index contributed by atoms with van der Waals surface area (Å²) in [6.07, 6.45) is 0. The average molecular weight is 289 g/mol. The largest absolute Gasteiger partial charge is 0.496 e. The number of benzene rings is 3. The van der Waals surface area contributed by atoms with Crippen molar-refractivity contribution in [2.24, 2.45) is 0 Å². The van der Waals surface area contributed by atoms with Crippen LogP contribution in [0.4, 0.5) is 0 Å². The first-order chi connectivity index (χ1) is 9.28. The maximum atomic E-state index is 6.10. The zero-order valence-electron chi connectivity index (χ0n) is 10.1. The normalized spacial score (nSPS) is 12.9. The standard InChI is InChI=1S/C15H9ClO2S/c1-17-12-4-5-13-14-11(12)6-8-2-3-9(16)7-10(8)15(14)19-18-13/h2-7H,1H3. The van der Waals surface area contributed by atoms with E-state index in [-0.39, 0.29) is 0 Å². The van der Waals surface area contributed by atoms with Gasteiger partial charge in [0.25, 0.3) is 0 Å². The summed E-state index contributed by atoms with van der Waals surface area (Å²) in [6, 6.07) is 11.9. The lowest BCUT2D eigenvalue weighted by molar-refractivity contribution is 0.419. The van der Waals surface area contributed by atoms with Gasteiger partial charge in [0.1, 0.15) is 11.5 Å². The molecule has 19 heavy (non-hydrogen) atoms. The second-order valence-corrected chi connectivity index (χ2v) is 5.60. The third-order valence-electron chi connectivity index (χ3n) is 3.39. The molecule has 1 heterocycles. The zero-order chi connectivity index (χ0) is 13.0. The molecule has 0 unspecified atom stereocenters. The third kappa shape index (κ3) is 1.52. The Balaban J connectivity index is 2.25. The molecule has 94 valence electrons. The highest BCUT2D eigenvalue weighted by molar-refractivity contribution is 7.95. The molecule has 3 aromatic rings. The summed E-state index contributed by atoms with van der Waals surface area (Å²) in [5.74, 6) is 1.75. The molecule has 0 saturated heterocycles. The van der Waals surface area contributed by atoms with Gasteiger partial charge in [0.2, 0.25) is 0 Å². The fourth-order valence-electron chi connectivity index (χ4n) is 2.52. The van der Waals surface area contributed by atoms with Gasteiger partial charge in [-0.1, -0.05) is 17.7 Å². The van der Waals surface area contributed by atoms with Crippen LogP contribution >= 0.6 is 23.6 Å². The Kier molecular flexibility index (Phi) is 2.34. The van der Waals surface area contributed by atoms with E-state index in [0.29, 0.717) is 0 Å². The number of fused-ring (bicyclic) bond motifs is 2. The van der Waals surface area contributed by atoms with E-state index >= 15 is 0 Å². The van der Waals surface area contributed by atoms with Crippen LogP contribution in [0, 0.1) is 0 Å². The molecule has 0 aliphatic carbocycles. The van der Waals surface area contributed by atoms with Gasteiger partial charge in [0.15, 0.2) is 0 Å². The molecule has 0 fully saturated rings. The summed E-state index contributed by atoms with van der Waals surface area (Å²) >= 11 is 7.49. The van der Waals surface area contributed by atoms with Gasteiger partial charge < -0.3 is 8.92 Å². The van der Waals surface area contributed by atoms with Crippen molar-refractivity contribution in [1.82, 2.24) is 0 Å². The maximum absolute atomic E-state index is 6.10. The molecular weight excluding hydrogens is 280 g/mol. The van der Waals surface area contributed by atoms with E-state index in [4.69, 9.17) is 20.5 Å². The summed E-state index contributed by atoms with van der Waals surface area (Å²) in [7, 11) is 1.69. The van der Waals surface area contributed by atoms with Crippen molar-refractivity contribution in [2.45, 2.75) is 4.90 Å². The summed E-state index contributed by atoms with van der Waals surface area (Å²) in [5, 5.41) is 5.19. The molecular formula is C15H9ClO2S. The van der Waals surface area contributed by atoms with Crippen molar-refractivity contribution < 1.29 is 8.92 Å². The number of rotatable bonds is 1. The highest BCUT2D eigenvalue weighted by Gasteiger charge is 2.22. The molecule has 0 aromatic heterocycles. The monoisotopic (exact) mass is 288 g/mol. The summed E-state index contributed by atoms with van der Waals surface area (Å²) < 4.78 is 11.1. The number of halogens is 1. The summed E-state index contributed by atoms with van der Waals surface area (Å²) in [6.45, 7) is 0. The first-order valence-electron chi connectivity index (χ1n) is 5.85. The van der Waals surface area contributed by atoms with Gasteiger partial charge in [-0.25, -0.2) is 0 Å². The molecule has 0 N–H and O–H groups in total. The minimum atomic E-state index is 0.736. The van der Waals surface area contributed by atoms with Gasteiger partial charge in [-0.05, 0) is 35.7 Å². The quantitative estimate of drug-likeness (QED) is 0.461. The number of methoxy groups -OCH3 is 1. The van der Waals surface area contributed by atoms with Crippen molar-refractivity contribution in [3.8, 4) is 11.5 Å². The van der Waals surface area contributed by atoms with Crippen LogP contribution in [0.15, 0.2) is 41.3 Å². The van der Waals surface area contributed by atoms with Crippen LogP contribution in [0.2, 0.25) is 5.02 Å². The first kappa shape index (κ1) is 11.3. The van der Waals surface area contributed by atoms with Gasteiger partial charge in [-0.2, -0.15) is 0 Å². The van der Waals surface area contributed by atoms with Crippen molar-refractivity contribution in [2.75, 3.05) is 7.11 Å². The van der Waals surface area contributed by atoms with Crippen molar-refractivity contribution in [1.29, 1.82) is 0 Å². The second kappa shape index (κ2) is 3.95. The van der Waals surface area contributed by atoms with Crippen molar-refractivity contribution in [3.05, 3.63) is 41.4 Å². The molecule has 0 saturated carbocycles. The van der Waals surface area contributed by atoms with E-state index in [9.17, 15) is 0 Å². The van der Waals surface area contributed by atoms with E-state index in [1.807, 2.05) is 30.3 Å². The van der Waals surface area contributed by atoms with Crippen LogP contribution in [0.3, 0.4) is 0 Å². The number of hydrogen-bond donors (Lipinski definition) is 0. The van der Waals surface area contributed by atoms with Gasteiger partial charge in [-0.15, -0.1) is 0 Å². The molecule has 4 rings (SSSR count). The molecule has 0 atom stereocenters. The van der Waals surface area contributed by atoms with Crippen LogP contribution in [-0.2, 0) is 0 Å². The topological polar surface area (TPSA) is 18.5 Å². The zero-order valence-corrected chi connectivity index (χ0v) is 11.6. The van der Waals surface area contributed by atoms with E-state index in [2.05, 4.69) is 6.07 Å². The van der Waals surface area contributed by atoms with Crippen LogP contribution < -0.4 is 8.92 Å². The number of hydrogen-bond acceptors (Lipinski definition) is 3. The predicted octanol–water partition coefficient (Wildman–Crippen LogP) is 5.05. The van der Waals surface area contributed by atoms with Crippen LogP contribution in [0.25, 0.3) is 21.5 Å². The first-order valence-corrected chi connectivity index (χ1v) is 6.97. The molecule has 0 bridgehead atoms. The highest BCUT2D eigenvalue weighted by atomic mass is 35.5. The van der Waals surface area contributed by atoms with Crippen LogP contribution in [0.1, 0.15) is 0 Å². The molecule has 2 nitrogen and oxygen atoms in total. The van der Waals surface area contributed by atoms with E-state index < -0.39 is 0 Å². The van der Waals surface area contributed by atoms with Gasteiger partial charge in [-0.3, -0.25) is 0 Å². The molecule has 1 aliphatic heterocycles. The predicted molar refractivity (Wildman–Crippen MR) is 79.5 cm³/mol. The Morgan fingerprint density at radius 2 is 2.00 bits per heavy atom. The van der Waals surface area contributed by atoms with Gasteiger partial charge >= 0.3 is 0 Å². The van der Waals surface area contributed by atoms with Crippen LogP contribution in [-0.4, -0.2) is 7.11 Å². The molecule has 0 amide bonds. The van der Waals surface area contributed by atoms with E-state index in [1.165, 1.54) is 12.0 Å². The van der Waals surface area contributed by atoms with Crippen LogP contribution in [0.5, 0.6) is 11.5 Å². The lowest BCUT2D eigenvalue weighted by Gasteiger charge is -2.08. The molecule has 1 aliphatic rings. The maximum Gasteiger partial charge on any atom is 0.147 e. The molecule has 0 spiro atoms. The SMILES string of the molecule is COc1ccc2c3c(c4cc(Cl)ccc4cc13)SO2. The Bertz CT molecular complexity index is 829. The molecule has 3 aromatic carbocycles. The fourth-order valence-corrected chi connectivity index (χ4v) is 3.56. The van der Waals surface area contributed by atoms with E-state index in [0.717, 1.165) is 43.0 Å². The minimum absolute atomic E-state index is 0.736. The Hall–Kier alpha value is -1.58. The lowest BCUT2D eigenvalue weighted by atomic mass is 10.0. The van der Waals surface area contributed by atoms with Gasteiger partial charge in [0, 0.05) is 21.2 Å². The van der Waals surface area contributed by atoms with Crippen molar-refractivity contribution >= 4 is 45.2 Å². The van der Waals surface area contributed by atoms with Gasteiger partial charge in [0.05, 0.1) is 24.0 Å². The highest BCUT2D eigenvalue weighted by Crippen LogP contribution is 2.49. The van der Waals surface area contributed by atoms with E-state index in [1.54, 1.807) is 7.11 Å². The third-order valence-corrected chi connectivity index (χ3v) is 4.48. The number of ether oxygens (including phenoxy) is 1.